The second kappa shape index (κ2) is 31.9. The number of nitrogens with zero attached hydrogens (tertiary/aromatic N) is 1. The molecular weight excluding hydrogens is 528 g/mol. The highest BCUT2D eigenvalue weighted by Gasteiger charge is 2.26. The van der Waals surface area contributed by atoms with Gasteiger partial charge in [-0.15, -0.1) is 0 Å². The zero-order valence-electron chi connectivity index (χ0n) is 27.2. The van der Waals surface area contributed by atoms with E-state index in [0.29, 0.717) is 0 Å². The molecule has 0 aromatic rings. The van der Waals surface area contributed by atoms with Crippen molar-refractivity contribution in [1.82, 2.24) is 0 Å². The first kappa shape index (κ1) is 40.5. The molecule has 0 amide bonds. The van der Waals surface area contributed by atoms with Crippen molar-refractivity contribution in [3.05, 3.63) is 0 Å². The van der Waals surface area contributed by atoms with Gasteiger partial charge in [-0.1, -0.05) is 162 Å². The number of rotatable bonds is 31. The summed E-state index contributed by atoms with van der Waals surface area (Å²) in [7, 11) is 4.95. The highest BCUT2D eigenvalue weighted by molar-refractivity contribution is 4.62. The third-order valence-corrected chi connectivity index (χ3v) is 8.96. The van der Waals surface area contributed by atoms with Gasteiger partial charge in [0.25, 0.3) is 0 Å². The van der Waals surface area contributed by atoms with Crippen molar-refractivity contribution in [1.29, 1.82) is 0 Å². The Morgan fingerprint density at radius 2 is 0.684 bits per heavy atom. The van der Waals surface area contributed by atoms with E-state index in [0.717, 1.165) is 12.6 Å². The van der Waals surface area contributed by atoms with Crippen molar-refractivity contribution < 1.29 is 21.5 Å². The molecule has 2 nitrogen and oxygen atoms in total. The molecule has 0 aromatic heterocycles. The number of hydrogen-bond acceptors (Lipinski definition) is 1. The Bertz CT molecular complexity index is 426. The predicted molar refractivity (Wildman–Crippen MR) is 170 cm³/mol. The summed E-state index contributed by atoms with van der Waals surface area (Å²) in [5.74, 6) is 0. The van der Waals surface area contributed by atoms with Crippen molar-refractivity contribution in [2.75, 3.05) is 27.2 Å². The maximum absolute atomic E-state index is 5.87. The van der Waals surface area contributed by atoms with Crippen LogP contribution >= 0.6 is 0 Å². The molecule has 1 atom stereocenters. The normalized spacial score (nSPS) is 12.6. The molecule has 0 aliphatic carbocycles. The van der Waals surface area contributed by atoms with Crippen LogP contribution in [0.2, 0.25) is 0 Å². The summed E-state index contributed by atoms with van der Waals surface area (Å²) in [5.41, 5.74) is 5.87. The van der Waals surface area contributed by atoms with Crippen LogP contribution in [0.5, 0.6) is 0 Å². The summed E-state index contributed by atoms with van der Waals surface area (Å²) in [6.07, 6.45) is 40.3. The van der Waals surface area contributed by atoms with E-state index in [4.69, 9.17) is 5.73 Å². The maximum atomic E-state index is 5.87. The first-order valence-corrected chi connectivity index (χ1v) is 17.6. The Labute approximate surface area is 253 Å². The molecule has 0 radical (unpaired) electrons. The van der Waals surface area contributed by atoms with E-state index in [9.17, 15) is 0 Å². The Kier molecular flexibility index (Phi) is 34.1. The van der Waals surface area contributed by atoms with Crippen LogP contribution in [0.25, 0.3) is 0 Å². The third kappa shape index (κ3) is 27.9. The SMILES string of the molecule is CCCCCCCCCCCCCCCCC(CCCCCCCCCCCCC)[N+](C)(C)CCCN.[Br-]. The lowest BCUT2D eigenvalue weighted by atomic mass is 9.97. The van der Waals surface area contributed by atoms with Crippen LogP contribution in [0, 0.1) is 0 Å². The summed E-state index contributed by atoms with van der Waals surface area (Å²) >= 11 is 0. The molecule has 0 saturated heterocycles. The minimum atomic E-state index is 0. The van der Waals surface area contributed by atoms with Crippen LogP contribution in [0.15, 0.2) is 0 Å². The summed E-state index contributed by atoms with van der Waals surface area (Å²) in [6, 6.07) is 0.836. The Balaban J connectivity index is 0. The zero-order chi connectivity index (χ0) is 27.3. The fourth-order valence-electron chi connectivity index (χ4n) is 6.14. The molecule has 0 aromatic carbocycles. The molecule has 38 heavy (non-hydrogen) atoms. The number of halogens is 1. The van der Waals surface area contributed by atoms with Gasteiger partial charge >= 0.3 is 0 Å². The minimum absolute atomic E-state index is 0. The van der Waals surface area contributed by atoms with Crippen LogP contribution in [0.4, 0.5) is 0 Å². The average molecular weight is 604 g/mol. The van der Waals surface area contributed by atoms with E-state index in [1.54, 1.807) is 0 Å². The standard InChI is InChI=1S/C35H75N2.BrH/c1-5-7-9-11-13-15-17-18-19-21-23-25-27-29-32-35(37(3,4)34-30-33-36)31-28-26-24-22-20-16-14-12-10-8-6-2;/h35H,5-34,36H2,1-4H3;1H/q+1;/p-1. The first-order chi connectivity index (χ1) is 18.1. The van der Waals surface area contributed by atoms with Gasteiger partial charge in [0.1, 0.15) is 0 Å². The van der Waals surface area contributed by atoms with Gasteiger partial charge in [-0.25, -0.2) is 0 Å². The van der Waals surface area contributed by atoms with E-state index < -0.39 is 0 Å². The van der Waals surface area contributed by atoms with Crippen LogP contribution < -0.4 is 22.7 Å². The van der Waals surface area contributed by atoms with Gasteiger partial charge in [0.2, 0.25) is 0 Å². The van der Waals surface area contributed by atoms with Crippen molar-refractivity contribution in [3.63, 3.8) is 0 Å². The lowest BCUT2D eigenvalue weighted by Crippen LogP contribution is -3.00. The molecule has 0 heterocycles. The van der Waals surface area contributed by atoms with Gasteiger partial charge in [-0.3, -0.25) is 0 Å². The largest absolute Gasteiger partial charge is 1.00 e. The quantitative estimate of drug-likeness (QED) is 0.0626. The van der Waals surface area contributed by atoms with E-state index >= 15 is 0 Å². The monoisotopic (exact) mass is 603 g/mol. The molecule has 0 fully saturated rings. The molecule has 0 rings (SSSR count). The van der Waals surface area contributed by atoms with E-state index in [1.165, 1.54) is 191 Å². The molecule has 3 heteroatoms. The predicted octanol–water partition coefficient (Wildman–Crippen LogP) is 8.36. The lowest BCUT2D eigenvalue weighted by Gasteiger charge is -2.38. The molecule has 1 unspecified atom stereocenters. The average Bonchev–Trinajstić information content (AvgIpc) is 2.89. The second-order valence-corrected chi connectivity index (χ2v) is 13.0. The highest BCUT2D eigenvalue weighted by atomic mass is 79.9. The van der Waals surface area contributed by atoms with Crippen LogP contribution in [0.3, 0.4) is 0 Å². The van der Waals surface area contributed by atoms with E-state index in [1.807, 2.05) is 0 Å². The summed E-state index contributed by atoms with van der Waals surface area (Å²) in [5, 5.41) is 0. The molecule has 0 aliphatic heterocycles. The Hall–Kier alpha value is 0.400. The molecule has 0 aliphatic rings. The molecule has 0 bridgehead atoms. The Morgan fingerprint density at radius 1 is 0.421 bits per heavy atom. The molecular formula is C35H75BrN2. The number of hydrogen-bond donors (Lipinski definition) is 1. The molecule has 2 N–H and O–H groups in total. The molecule has 0 saturated carbocycles. The summed E-state index contributed by atoms with van der Waals surface area (Å²) < 4.78 is 1.19. The van der Waals surface area contributed by atoms with Crippen LogP contribution in [-0.2, 0) is 0 Å². The van der Waals surface area contributed by atoms with Crippen molar-refractivity contribution in [2.45, 2.75) is 200 Å². The van der Waals surface area contributed by atoms with Crippen molar-refractivity contribution >= 4 is 0 Å². The topological polar surface area (TPSA) is 26.0 Å². The Morgan fingerprint density at radius 3 is 0.947 bits per heavy atom. The summed E-state index contributed by atoms with van der Waals surface area (Å²) in [4.78, 5) is 0. The van der Waals surface area contributed by atoms with Gasteiger partial charge in [0.15, 0.2) is 0 Å². The van der Waals surface area contributed by atoms with Gasteiger partial charge in [-0.2, -0.15) is 0 Å². The molecule has 0 spiro atoms. The van der Waals surface area contributed by atoms with Gasteiger partial charge in [0.05, 0.1) is 26.7 Å². The molecule has 232 valence electrons. The summed E-state index contributed by atoms with van der Waals surface area (Å²) in [6.45, 7) is 6.70. The second-order valence-electron chi connectivity index (χ2n) is 13.0. The van der Waals surface area contributed by atoms with E-state index in [-0.39, 0.29) is 17.0 Å². The van der Waals surface area contributed by atoms with Crippen molar-refractivity contribution in [2.24, 2.45) is 5.73 Å². The van der Waals surface area contributed by atoms with Crippen LogP contribution in [-0.4, -0.2) is 37.7 Å². The number of nitrogens with two attached hydrogens (primary N) is 1. The number of unbranched alkanes of at least 4 members (excludes halogenated alkanes) is 23. The fraction of sp³-hybridized carbons (Fsp3) is 1.00. The zero-order valence-corrected chi connectivity index (χ0v) is 28.8. The number of quaternary nitrogens is 1. The fourth-order valence-corrected chi connectivity index (χ4v) is 6.14. The van der Waals surface area contributed by atoms with Crippen molar-refractivity contribution in [3.8, 4) is 0 Å². The van der Waals surface area contributed by atoms with Gasteiger partial charge in [0, 0.05) is 6.42 Å². The first-order valence-electron chi connectivity index (χ1n) is 17.6. The maximum Gasteiger partial charge on any atom is 0.0886 e. The third-order valence-electron chi connectivity index (χ3n) is 8.96. The van der Waals surface area contributed by atoms with E-state index in [2.05, 4.69) is 27.9 Å². The van der Waals surface area contributed by atoms with Gasteiger partial charge in [-0.05, 0) is 32.2 Å². The highest BCUT2D eigenvalue weighted by Crippen LogP contribution is 2.23. The minimum Gasteiger partial charge on any atom is -1.00 e. The lowest BCUT2D eigenvalue weighted by molar-refractivity contribution is -0.916. The smallest absolute Gasteiger partial charge is 0.0886 e. The van der Waals surface area contributed by atoms with Gasteiger partial charge < -0.3 is 27.2 Å². The van der Waals surface area contributed by atoms with Crippen LogP contribution in [0.1, 0.15) is 194 Å².